The van der Waals surface area contributed by atoms with Crippen LogP contribution in [0.2, 0.25) is 0 Å². The Balaban J connectivity index is 1.91. The molecule has 1 saturated carbocycles. The number of benzene rings is 1. The normalized spacial score (nSPS) is 17.8. The molecule has 0 spiro atoms. The molecule has 1 fully saturated rings. The predicted octanol–water partition coefficient (Wildman–Crippen LogP) is 3.01. The Labute approximate surface area is 118 Å². The number of amides is 1. The summed E-state index contributed by atoms with van der Waals surface area (Å²) in [5.41, 5.74) is 4.16. The highest BCUT2D eigenvalue weighted by atomic mass is 16.1. The van der Waals surface area contributed by atoms with Gasteiger partial charge in [0.2, 0.25) is 0 Å². The van der Waals surface area contributed by atoms with Gasteiger partial charge in [-0.3, -0.25) is 9.78 Å². The average Bonchev–Trinajstić information content (AvgIpc) is 3.28. The molecule has 1 N–H and O–H groups in total. The maximum absolute atomic E-state index is 12.6. The van der Waals surface area contributed by atoms with Gasteiger partial charge >= 0.3 is 0 Å². The molecule has 0 unspecified atom stereocenters. The van der Waals surface area contributed by atoms with Gasteiger partial charge in [0, 0.05) is 17.1 Å². The molecule has 0 aliphatic heterocycles. The zero-order chi connectivity index (χ0) is 13.5. The van der Waals surface area contributed by atoms with Crippen LogP contribution in [0.5, 0.6) is 0 Å². The summed E-state index contributed by atoms with van der Waals surface area (Å²) in [4.78, 5) is 17.4. The predicted molar refractivity (Wildman–Crippen MR) is 78.9 cm³/mol. The first-order valence-corrected chi connectivity index (χ1v) is 7.54. The van der Waals surface area contributed by atoms with Crippen molar-refractivity contribution in [3.05, 3.63) is 41.1 Å². The second kappa shape index (κ2) is 4.58. The van der Waals surface area contributed by atoms with Crippen molar-refractivity contribution in [3.8, 4) is 0 Å². The van der Waals surface area contributed by atoms with E-state index in [2.05, 4.69) is 5.32 Å². The highest BCUT2D eigenvalue weighted by Crippen LogP contribution is 2.30. The highest BCUT2D eigenvalue weighted by molar-refractivity contribution is 6.08. The molecule has 2 aromatic rings. The second-order valence-electron chi connectivity index (χ2n) is 5.88. The summed E-state index contributed by atoms with van der Waals surface area (Å²) in [5, 5.41) is 4.15. The summed E-state index contributed by atoms with van der Waals surface area (Å²) in [7, 11) is 0. The van der Waals surface area contributed by atoms with Crippen LogP contribution in [0.1, 0.15) is 47.3 Å². The summed E-state index contributed by atoms with van der Waals surface area (Å²) in [6.45, 7) is 0. The first-order chi connectivity index (χ1) is 9.83. The van der Waals surface area contributed by atoms with Crippen molar-refractivity contribution < 1.29 is 4.79 Å². The van der Waals surface area contributed by atoms with Crippen molar-refractivity contribution in [2.24, 2.45) is 0 Å². The molecule has 1 heterocycles. The number of aromatic nitrogens is 1. The largest absolute Gasteiger partial charge is 0.349 e. The Morgan fingerprint density at radius 1 is 1.15 bits per heavy atom. The van der Waals surface area contributed by atoms with Crippen molar-refractivity contribution in [1.29, 1.82) is 0 Å². The standard InChI is InChI=1S/C17H18N2O/c20-17(18-11-9-10-11)16-12-5-1-3-7-14(12)19-15-8-4-2-6-13(15)16/h1,3,5,7,11H,2,4,6,8-10H2,(H,18,20). The fraction of sp³-hybridized carbons (Fsp3) is 0.412. The number of para-hydroxylation sites is 1. The Morgan fingerprint density at radius 2 is 1.95 bits per heavy atom. The van der Waals surface area contributed by atoms with Crippen molar-refractivity contribution in [3.63, 3.8) is 0 Å². The smallest absolute Gasteiger partial charge is 0.252 e. The van der Waals surface area contributed by atoms with E-state index in [0.29, 0.717) is 6.04 Å². The van der Waals surface area contributed by atoms with Gasteiger partial charge < -0.3 is 5.32 Å². The minimum absolute atomic E-state index is 0.101. The third-order valence-electron chi connectivity index (χ3n) is 4.31. The first-order valence-electron chi connectivity index (χ1n) is 7.54. The van der Waals surface area contributed by atoms with Crippen LogP contribution in [-0.4, -0.2) is 16.9 Å². The van der Waals surface area contributed by atoms with Crippen LogP contribution in [0.15, 0.2) is 24.3 Å². The fourth-order valence-corrected chi connectivity index (χ4v) is 3.12. The monoisotopic (exact) mass is 266 g/mol. The summed E-state index contributed by atoms with van der Waals surface area (Å²) in [5.74, 6) is 0.101. The zero-order valence-electron chi connectivity index (χ0n) is 11.5. The van der Waals surface area contributed by atoms with Crippen LogP contribution < -0.4 is 5.32 Å². The van der Waals surface area contributed by atoms with E-state index in [1.165, 1.54) is 12.0 Å². The number of nitrogens with zero attached hydrogens (tertiary/aromatic N) is 1. The van der Waals surface area contributed by atoms with E-state index in [9.17, 15) is 4.79 Å². The number of hydrogen-bond acceptors (Lipinski definition) is 2. The van der Waals surface area contributed by atoms with E-state index in [1.54, 1.807) is 0 Å². The first kappa shape index (κ1) is 11.9. The molecule has 4 rings (SSSR count). The van der Waals surface area contributed by atoms with Gasteiger partial charge in [0.25, 0.3) is 5.91 Å². The molecule has 0 radical (unpaired) electrons. The maximum Gasteiger partial charge on any atom is 0.252 e. The van der Waals surface area contributed by atoms with E-state index in [-0.39, 0.29) is 5.91 Å². The molecule has 2 aliphatic rings. The highest BCUT2D eigenvalue weighted by Gasteiger charge is 2.27. The van der Waals surface area contributed by atoms with Crippen LogP contribution in [0.25, 0.3) is 10.9 Å². The Hall–Kier alpha value is -1.90. The van der Waals surface area contributed by atoms with E-state index < -0.39 is 0 Å². The van der Waals surface area contributed by atoms with Crippen molar-refractivity contribution in [2.45, 2.75) is 44.6 Å². The second-order valence-corrected chi connectivity index (χ2v) is 5.88. The number of hydrogen-bond donors (Lipinski definition) is 1. The molecule has 2 aliphatic carbocycles. The molecular weight excluding hydrogens is 248 g/mol. The number of pyridine rings is 1. The molecule has 3 nitrogen and oxygen atoms in total. The lowest BCUT2D eigenvalue weighted by Gasteiger charge is -2.20. The van der Waals surface area contributed by atoms with Gasteiger partial charge in [-0.15, -0.1) is 0 Å². The minimum atomic E-state index is 0.101. The summed E-state index contributed by atoms with van der Waals surface area (Å²) >= 11 is 0. The molecule has 0 saturated heterocycles. The Bertz CT molecular complexity index is 689. The molecule has 102 valence electrons. The molecule has 1 aromatic carbocycles. The summed E-state index contributed by atoms with van der Waals surface area (Å²) in [6.07, 6.45) is 6.58. The molecule has 1 amide bonds. The average molecular weight is 266 g/mol. The van der Waals surface area contributed by atoms with Gasteiger partial charge in [0.1, 0.15) is 0 Å². The van der Waals surface area contributed by atoms with Gasteiger partial charge in [-0.2, -0.15) is 0 Å². The van der Waals surface area contributed by atoms with Crippen LogP contribution in [0.4, 0.5) is 0 Å². The van der Waals surface area contributed by atoms with Gasteiger partial charge in [-0.05, 0) is 50.2 Å². The fourth-order valence-electron chi connectivity index (χ4n) is 3.12. The summed E-state index contributed by atoms with van der Waals surface area (Å²) < 4.78 is 0. The quantitative estimate of drug-likeness (QED) is 0.908. The summed E-state index contributed by atoms with van der Waals surface area (Å²) in [6, 6.07) is 8.42. The third-order valence-corrected chi connectivity index (χ3v) is 4.31. The molecule has 20 heavy (non-hydrogen) atoms. The third kappa shape index (κ3) is 1.98. The van der Waals surface area contributed by atoms with E-state index in [0.717, 1.165) is 54.3 Å². The van der Waals surface area contributed by atoms with Gasteiger partial charge in [-0.1, -0.05) is 18.2 Å². The number of carbonyl (C=O) groups is 1. The molecular formula is C17H18N2O. The molecule has 3 heteroatoms. The van der Waals surface area contributed by atoms with Gasteiger partial charge in [0.05, 0.1) is 11.1 Å². The van der Waals surface area contributed by atoms with E-state index >= 15 is 0 Å². The van der Waals surface area contributed by atoms with Crippen LogP contribution in [-0.2, 0) is 12.8 Å². The van der Waals surface area contributed by atoms with E-state index in [4.69, 9.17) is 4.98 Å². The number of nitrogens with one attached hydrogen (secondary N) is 1. The van der Waals surface area contributed by atoms with E-state index in [1.807, 2.05) is 24.3 Å². The lowest BCUT2D eigenvalue weighted by molar-refractivity contribution is 0.0951. The van der Waals surface area contributed by atoms with Crippen LogP contribution in [0.3, 0.4) is 0 Å². The Kier molecular flexibility index (Phi) is 2.72. The minimum Gasteiger partial charge on any atom is -0.349 e. The number of fused-ring (bicyclic) bond motifs is 2. The van der Waals surface area contributed by atoms with Crippen molar-refractivity contribution in [1.82, 2.24) is 10.3 Å². The number of rotatable bonds is 2. The van der Waals surface area contributed by atoms with Crippen molar-refractivity contribution in [2.75, 3.05) is 0 Å². The van der Waals surface area contributed by atoms with Crippen molar-refractivity contribution >= 4 is 16.8 Å². The lowest BCUT2D eigenvalue weighted by Crippen LogP contribution is -2.28. The molecule has 0 atom stereocenters. The Morgan fingerprint density at radius 3 is 2.80 bits per heavy atom. The lowest BCUT2D eigenvalue weighted by atomic mass is 9.89. The van der Waals surface area contributed by atoms with Gasteiger partial charge in [-0.25, -0.2) is 0 Å². The molecule has 0 bridgehead atoms. The van der Waals surface area contributed by atoms with Gasteiger partial charge in [0.15, 0.2) is 0 Å². The topological polar surface area (TPSA) is 42.0 Å². The maximum atomic E-state index is 12.6. The van der Waals surface area contributed by atoms with Crippen LogP contribution in [0, 0.1) is 0 Å². The zero-order valence-corrected chi connectivity index (χ0v) is 11.5. The SMILES string of the molecule is O=C(NC1CC1)c1c2c(nc3ccccc13)CCCC2. The number of carbonyl (C=O) groups excluding carboxylic acids is 1. The molecule has 1 aromatic heterocycles. The number of aryl methyl sites for hydroxylation is 1. The van der Waals surface area contributed by atoms with Crippen LogP contribution >= 0.6 is 0 Å².